The monoisotopic (exact) mass is 366 g/mol. The summed E-state index contributed by atoms with van der Waals surface area (Å²) in [5.41, 5.74) is 1.93. The van der Waals surface area contributed by atoms with E-state index < -0.39 is 11.7 Å². The van der Waals surface area contributed by atoms with Gasteiger partial charge in [-0.25, -0.2) is 13.2 Å². The molecule has 0 spiro atoms. The highest BCUT2D eigenvalue weighted by Crippen LogP contribution is 2.32. The molecule has 0 aliphatic heterocycles. The van der Waals surface area contributed by atoms with Crippen molar-refractivity contribution in [2.75, 3.05) is 0 Å². The van der Waals surface area contributed by atoms with Gasteiger partial charge in [0.15, 0.2) is 11.7 Å². The van der Waals surface area contributed by atoms with Crippen LogP contribution < -0.4 is 0 Å². The minimum atomic E-state index is -0.948. The van der Waals surface area contributed by atoms with E-state index in [0.29, 0.717) is 22.8 Å². The molecule has 0 atom stereocenters. The Labute approximate surface area is 157 Å². The first-order valence-corrected chi connectivity index (χ1v) is 9.02. The maximum atomic E-state index is 14.7. The first-order valence-electron chi connectivity index (χ1n) is 9.02. The summed E-state index contributed by atoms with van der Waals surface area (Å²) < 4.78 is 43.7. The van der Waals surface area contributed by atoms with E-state index >= 15 is 0 Å². The van der Waals surface area contributed by atoms with Crippen molar-refractivity contribution in [3.05, 3.63) is 95.3 Å². The minimum absolute atomic E-state index is 0.0967. The molecule has 3 heteroatoms. The highest BCUT2D eigenvalue weighted by molar-refractivity contribution is 5.90. The van der Waals surface area contributed by atoms with Crippen LogP contribution in [0.5, 0.6) is 0 Å². The Balaban J connectivity index is 1.95. The summed E-state index contributed by atoms with van der Waals surface area (Å²) in [5.74, 6) is -2.17. The molecule has 0 bridgehead atoms. The number of halogens is 3. The number of aryl methyl sites for hydroxylation is 2. The van der Waals surface area contributed by atoms with Crippen LogP contribution in [-0.2, 0) is 12.8 Å². The van der Waals surface area contributed by atoms with Crippen LogP contribution in [0.25, 0.3) is 22.4 Å². The summed E-state index contributed by atoms with van der Waals surface area (Å²) in [6, 6.07) is 14.5. The third-order valence-electron chi connectivity index (χ3n) is 4.71. The van der Waals surface area contributed by atoms with E-state index in [2.05, 4.69) is 6.58 Å². The molecule has 0 aliphatic carbocycles. The zero-order chi connectivity index (χ0) is 19.4. The van der Waals surface area contributed by atoms with Crippen molar-refractivity contribution >= 4 is 22.4 Å². The predicted molar refractivity (Wildman–Crippen MR) is 107 cm³/mol. The number of hydrogen-bond donors (Lipinski definition) is 0. The highest BCUT2D eigenvalue weighted by atomic mass is 19.2. The molecular weight excluding hydrogens is 345 g/mol. The van der Waals surface area contributed by atoms with Crippen LogP contribution in [0.4, 0.5) is 13.2 Å². The molecule has 0 fully saturated rings. The van der Waals surface area contributed by atoms with E-state index in [1.165, 1.54) is 18.2 Å². The molecule has 0 saturated carbocycles. The van der Waals surface area contributed by atoms with Crippen LogP contribution in [0.1, 0.15) is 35.6 Å². The van der Waals surface area contributed by atoms with Gasteiger partial charge in [-0.15, -0.1) is 6.58 Å². The van der Waals surface area contributed by atoms with Gasteiger partial charge in [-0.2, -0.15) is 0 Å². The van der Waals surface area contributed by atoms with E-state index in [9.17, 15) is 13.2 Å². The Morgan fingerprint density at radius 3 is 2.26 bits per heavy atom. The van der Waals surface area contributed by atoms with Crippen molar-refractivity contribution in [3.63, 3.8) is 0 Å². The zero-order valence-electron chi connectivity index (χ0n) is 15.2. The predicted octanol–water partition coefficient (Wildman–Crippen LogP) is 7.42. The van der Waals surface area contributed by atoms with Crippen LogP contribution in [-0.4, -0.2) is 0 Å². The van der Waals surface area contributed by atoms with Gasteiger partial charge in [0.2, 0.25) is 0 Å². The Bertz CT molecular complexity index is 998. The average Bonchev–Trinajstić information content (AvgIpc) is 2.71. The van der Waals surface area contributed by atoms with E-state index in [-0.39, 0.29) is 16.9 Å². The molecule has 0 saturated heterocycles. The summed E-state index contributed by atoms with van der Waals surface area (Å²) >= 11 is 0. The lowest BCUT2D eigenvalue weighted by Crippen LogP contribution is -1.91. The standard InChI is InChI=1S/C24H21F3/c1-3-5-6-16-7-9-18(10-8-16)23(26)24(27)20-13-14-21-19(15-20)12-11-17(4-2)22(21)25/h3,7-15H,1,4-6H2,2H3. The van der Waals surface area contributed by atoms with Crippen molar-refractivity contribution in [3.8, 4) is 0 Å². The molecule has 0 aliphatic rings. The fourth-order valence-corrected chi connectivity index (χ4v) is 3.09. The van der Waals surface area contributed by atoms with E-state index in [4.69, 9.17) is 0 Å². The molecule has 3 aromatic carbocycles. The van der Waals surface area contributed by atoms with Gasteiger partial charge in [0, 0.05) is 16.5 Å². The lowest BCUT2D eigenvalue weighted by molar-refractivity contribution is 0.624. The lowest BCUT2D eigenvalue weighted by atomic mass is 10.0. The summed E-state index contributed by atoms with van der Waals surface area (Å²) in [7, 11) is 0. The Morgan fingerprint density at radius 2 is 1.59 bits per heavy atom. The lowest BCUT2D eigenvalue weighted by Gasteiger charge is -2.08. The number of allylic oxidation sites excluding steroid dienone is 1. The van der Waals surface area contributed by atoms with Gasteiger partial charge in [-0.05, 0) is 41.8 Å². The van der Waals surface area contributed by atoms with Gasteiger partial charge >= 0.3 is 0 Å². The first kappa shape index (κ1) is 19.0. The van der Waals surface area contributed by atoms with E-state index in [1.807, 2.05) is 13.0 Å². The number of hydrogen-bond acceptors (Lipinski definition) is 0. The van der Waals surface area contributed by atoms with Crippen LogP contribution in [0.15, 0.2) is 67.3 Å². The molecular formula is C24H21F3. The molecule has 0 unspecified atom stereocenters. The van der Waals surface area contributed by atoms with Crippen LogP contribution in [0.2, 0.25) is 0 Å². The van der Waals surface area contributed by atoms with Crippen molar-refractivity contribution < 1.29 is 13.2 Å². The molecule has 0 N–H and O–H groups in total. The molecule has 0 aromatic heterocycles. The van der Waals surface area contributed by atoms with Crippen molar-refractivity contribution in [1.29, 1.82) is 0 Å². The number of benzene rings is 3. The first-order chi connectivity index (χ1) is 13.0. The second-order valence-corrected chi connectivity index (χ2v) is 6.48. The third kappa shape index (κ3) is 3.97. The number of fused-ring (bicyclic) bond motifs is 1. The minimum Gasteiger partial charge on any atom is -0.206 e. The quantitative estimate of drug-likeness (QED) is 0.314. The fourth-order valence-electron chi connectivity index (χ4n) is 3.09. The van der Waals surface area contributed by atoms with Gasteiger partial charge in [0.1, 0.15) is 5.82 Å². The van der Waals surface area contributed by atoms with Crippen molar-refractivity contribution in [1.82, 2.24) is 0 Å². The number of rotatable bonds is 6. The highest BCUT2D eigenvalue weighted by Gasteiger charge is 2.13. The molecule has 138 valence electrons. The summed E-state index contributed by atoms with van der Waals surface area (Å²) in [5, 5.41) is 0.961. The normalized spacial score (nSPS) is 12.1. The maximum absolute atomic E-state index is 14.7. The van der Waals surface area contributed by atoms with E-state index in [1.54, 1.807) is 36.4 Å². The SMILES string of the molecule is C=CCCc1ccc(C(F)=C(F)c2ccc3c(F)c(CC)ccc3c2)cc1. The third-order valence-corrected chi connectivity index (χ3v) is 4.71. The van der Waals surface area contributed by atoms with Gasteiger partial charge in [-0.3, -0.25) is 0 Å². The Hall–Kier alpha value is -2.81. The molecule has 3 rings (SSSR count). The molecule has 0 nitrogen and oxygen atoms in total. The van der Waals surface area contributed by atoms with Crippen LogP contribution >= 0.6 is 0 Å². The summed E-state index contributed by atoms with van der Waals surface area (Å²) in [4.78, 5) is 0. The van der Waals surface area contributed by atoms with Gasteiger partial charge < -0.3 is 0 Å². The molecule has 0 amide bonds. The van der Waals surface area contributed by atoms with Crippen molar-refractivity contribution in [2.45, 2.75) is 26.2 Å². The summed E-state index contributed by atoms with van der Waals surface area (Å²) in [6.45, 7) is 5.55. The maximum Gasteiger partial charge on any atom is 0.166 e. The van der Waals surface area contributed by atoms with Gasteiger partial charge in [-0.1, -0.05) is 61.5 Å². The second-order valence-electron chi connectivity index (χ2n) is 6.48. The Morgan fingerprint density at radius 1 is 0.926 bits per heavy atom. The molecule has 0 heterocycles. The molecule has 27 heavy (non-hydrogen) atoms. The van der Waals surface area contributed by atoms with Crippen LogP contribution in [0.3, 0.4) is 0 Å². The van der Waals surface area contributed by atoms with E-state index in [0.717, 1.165) is 18.4 Å². The van der Waals surface area contributed by atoms with Gasteiger partial charge in [0.25, 0.3) is 0 Å². The summed E-state index contributed by atoms with van der Waals surface area (Å²) in [6.07, 6.45) is 4.04. The molecule has 3 aromatic rings. The largest absolute Gasteiger partial charge is 0.206 e. The molecule has 0 radical (unpaired) electrons. The van der Waals surface area contributed by atoms with Crippen molar-refractivity contribution in [2.24, 2.45) is 0 Å². The van der Waals surface area contributed by atoms with Crippen LogP contribution in [0, 0.1) is 5.82 Å². The zero-order valence-corrected chi connectivity index (χ0v) is 15.2. The smallest absolute Gasteiger partial charge is 0.166 e. The topological polar surface area (TPSA) is 0 Å². The Kier molecular flexibility index (Phi) is 5.80. The fraction of sp³-hybridized carbons (Fsp3) is 0.167. The van der Waals surface area contributed by atoms with Gasteiger partial charge in [0.05, 0.1) is 0 Å². The second kappa shape index (κ2) is 8.26. The average molecular weight is 366 g/mol.